The predicted octanol–water partition coefficient (Wildman–Crippen LogP) is 6.55. The summed E-state index contributed by atoms with van der Waals surface area (Å²) in [5.41, 5.74) is 3.69. The monoisotopic (exact) mass is 484 g/mol. The Kier molecular flexibility index (Phi) is 6.05. The van der Waals surface area contributed by atoms with Crippen molar-refractivity contribution in [1.29, 1.82) is 0 Å². The molecule has 0 saturated carbocycles. The molecule has 0 bridgehead atoms. The van der Waals surface area contributed by atoms with E-state index in [0.29, 0.717) is 28.1 Å². The van der Waals surface area contributed by atoms with Crippen molar-refractivity contribution in [2.45, 2.75) is 31.8 Å². The number of hydrogen-bond acceptors (Lipinski definition) is 5. The van der Waals surface area contributed by atoms with E-state index in [1.54, 1.807) is 18.3 Å². The van der Waals surface area contributed by atoms with Crippen molar-refractivity contribution in [1.82, 2.24) is 10.3 Å². The Morgan fingerprint density at radius 3 is 2.54 bits per heavy atom. The van der Waals surface area contributed by atoms with Crippen molar-refractivity contribution < 1.29 is 9.34 Å². The summed E-state index contributed by atoms with van der Waals surface area (Å²) in [6.07, 6.45) is 1.76. The highest BCUT2D eigenvalue weighted by Gasteiger charge is 2.42. The maximum atomic E-state index is 11.2. The molecule has 0 aliphatic carbocycles. The molecule has 2 aromatic carbocycles. The van der Waals surface area contributed by atoms with Gasteiger partial charge in [-0.15, -0.1) is 0 Å². The number of pyridine rings is 1. The first-order chi connectivity index (χ1) is 16.9. The van der Waals surface area contributed by atoms with Gasteiger partial charge in [0.1, 0.15) is 17.6 Å². The van der Waals surface area contributed by atoms with Crippen LogP contribution < -0.4 is 10.2 Å². The van der Waals surface area contributed by atoms with Gasteiger partial charge in [-0.25, -0.2) is 0 Å². The molecule has 1 saturated heterocycles. The number of rotatable bonds is 6. The summed E-state index contributed by atoms with van der Waals surface area (Å²) < 4.78 is 6.31. The molecule has 1 N–H and O–H groups in total. The van der Waals surface area contributed by atoms with Gasteiger partial charge in [0.2, 0.25) is 0 Å². The maximum Gasteiger partial charge on any atom is 0.270 e. The molecule has 7 nitrogen and oxygen atoms in total. The second-order valence-electron chi connectivity index (χ2n) is 8.75. The molecule has 2 aromatic heterocycles. The van der Waals surface area contributed by atoms with Crippen molar-refractivity contribution in [3.05, 3.63) is 112 Å². The summed E-state index contributed by atoms with van der Waals surface area (Å²) in [7, 11) is 0. The number of benzene rings is 2. The van der Waals surface area contributed by atoms with Gasteiger partial charge in [-0.1, -0.05) is 44.2 Å². The fraction of sp³-hybridized carbons (Fsp3) is 0.185. The van der Waals surface area contributed by atoms with Crippen LogP contribution in [-0.4, -0.2) is 15.0 Å². The highest BCUT2D eigenvalue weighted by Crippen LogP contribution is 2.43. The van der Waals surface area contributed by atoms with Gasteiger partial charge in [0.05, 0.1) is 16.7 Å². The third-order valence-corrected chi connectivity index (χ3v) is 6.51. The summed E-state index contributed by atoms with van der Waals surface area (Å²) >= 11 is 5.78. The normalized spacial score (nSPS) is 17.6. The molecule has 1 aliphatic heterocycles. The Labute approximate surface area is 208 Å². The van der Waals surface area contributed by atoms with Crippen LogP contribution >= 0.6 is 12.2 Å². The average Bonchev–Trinajstić information content (AvgIpc) is 3.49. The smallest absolute Gasteiger partial charge is 0.270 e. The molecular formula is C27H24N4O3S. The summed E-state index contributed by atoms with van der Waals surface area (Å²) in [5.74, 6) is 1.66. The van der Waals surface area contributed by atoms with Crippen molar-refractivity contribution in [2.75, 3.05) is 4.90 Å². The number of nitrogens with one attached hydrogen (secondary N) is 1. The topological polar surface area (TPSA) is 84.4 Å². The number of thiocarbonyl (C=S) groups is 1. The van der Waals surface area contributed by atoms with Gasteiger partial charge in [0, 0.05) is 29.6 Å². The Morgan fingerprint density at radius 1 is 1.06 bits per heavy atom. The second kappa shape index (κ2) is 9.31. The zero-order valence-corrected chi connectivity index (χ0v) is 20.1. The number of anilines is 1. The van der Waals surface area contributed by atoms with Gasteiger partial charge >= 0.3 is 0 Å². The highest BCUT2D eigenvalue weighted by atomic mass is 32.1. The number of non-ortho nitro benzene ring substituents is 1. The zero-order valence-electron chi connectivity index (χ0n) is 19.3. The Morgan fingerprint density at radius 2 is 1.86 bits per heavy atom. The third-order valence-electron chi connectivity index (χ3n) is 6.20. The first-order valence-corrected chi connectivity index (χ1v) is 11.8. The van der Waals surface area contributed by atoms with Gasteiger partial charge < -0.3 is 14.6 Å². The molecule has 0 radical (unpaired) electrons. The summed E-state index contributed by atoms with van der Waals surface area (Å²) in [4.78, 5) is 17.4. The molecular weight excluding hydrogens is 460 g/mol. The average molecular weight is 485 g/mol. The van der Waals surface area contributed by atoms with E-state index in [1.165, 1.54) is 17.7 Å². The predicted molar refractivity (Wildman–Crippen MR) is 139 cm³/mol. The van der Waals surface area contributed by atoms with Crippen LogP contribution in [0.25, 0.3) is 11.3 Å². The highest BCUT2D eigenvalue weighted by molar-refractivity contribution is 7.80. The standard InChI is InChI=1S/C27H24N4O3S/c1-17(2)18-9-11-20(12-10-18)30-26(25(29-27(30)35)22-8-3-4-15-28-22)24-14-13-23(34-24)19-6-5-7-21(16-19)31(32)33/h3-17,25-26H,1-2H3,(H,29,35)/t25-,26+/m0/s1. The van der Waals surface area contributed by atoms with E-state index >= 15 is 0 Å². The number of nitro groups is 1. The van der Waals surface area contributed by atoms with Crippen LogP contribution in [-0.2, 0) is 0 Å². The minimum absolute atomic E-state index is 0.0161. The Balaban J connectivity index is 1.57. The molecule has 176 valence electrons. The lowest BCUT2D eigenvalue weighted by Gasteiger charge is -2.26. The molecule has 1 aliphatic rings. The fourth-order valence-corrected chi connectivity index (χ4v) is 4.73. The molecule has 5 rings (SSSR count). The Bertz CT molecular complexity index is 1370. The first-order valence-electron chi connectivity index (χ1n) is 11.4. The molecule has 0 spiro atoms. The molecule has 4 aromatic rings. The summed E-state index contributed by atoms with van der Waals surface area (Å²) in [6, 6.07) is 23.8. The van der Waals surface area contributed by atoms with Gasteiger partial charge in [-0.2, -0.15) is 0 Å². The molecule has 0 amide bonds. The van der Waals surface area contributed by atoms with Crippen molar-refractivity contribution in [3.63, 3.8) is 0 Å². The lowest BCUT2D eigenvalue weighted by Crippen LogP contribution is -2.29. The lowest BCUT2D eigenvalue weighted by molar-refractivity contribution is -0.384. The first kappa shape index (κ1) is 22.7. The van der Waals surface area contributed by atoms with E-state index < -0.39 is 4.92 Å². The largest absolute Gasteiger partial charge is 0.459 e. The van der Waals surface area contributed by atoms with Gasteiger partial charge in [-0.05, 0) is 60.1 Å². The van der Waals surface area contributed by atoms with E-state index in [1.807, 2.05) is 30.3 Å². The minimum atomic E-state index is -0.410. The van der Waals surface area contributed by atoms with Crippen LogP contribution in [0.1, 0.15) is 48.9 Å². The van der Waals surface area contributed by atoms with Crippen LogP contribution in [0.4, 0.5) is 11.4 Å². The fourth-order valence-electron chi connectivity index (χ4n) is 4.38. The number of aromatic nitrogens is 1. The SMILES string of the molecule is CC(C)c1ccc(N2C(=S)N[C@@H](c3ccccn3)[C@H]2c2ccc(-c3cccc([N+](=O)[O-])c3)o2)cc1. The van der Waals surface area contributed by atoms with E-state index in [9.17, 15) is 10.1 Å². The minimum Gasteiger partial charge on any atom is -0.459 e. The molecule has 0 unspecified atom stereocenters. The summed E-state index contributed by atoms with van der Waals surface area (Å²) in [6.45, 7) is 4.32. The van der Waals surface area contributed by atoms with Crippen LogP contribution in [0.3, 0.4) is 0 Å². The maximum absolute atomic E-state index is 11.2. The van der Waals surface area contributed by atoms with Gasteiger partial charge in [-0.3, -0.25) is 15.1 Å². The number of nitrogens with zero attached hydrogens (tertiary/aromatic N) is 3. The Hall–Kier alpha value is -4.04. The summed E-state index contributed by atoms with van der Waals surface area (Å²) in [5, 5.41) is 15.2. The van der Waals surface area contributed by atoms with E-state index in [2.05, 4.69) is 53.3 Å². The van der Waals surface area contributed by atoms with Gasteiger partial charge in [0.25, 0.3) is 5.69 Å². The molecule has 8 heteroatoms. The molecule has 2 atom stereocenters. The van der Waals surface area contributed by atoms with Crippen LogP contribution in [0, 0.1) is 10.1 Å². The lowest BCUT2D eigenvalue weighted by atomic mass is 10.0. The molecule has 3 heterocycles. The number of furan rings is 1. The van der Waals surface area contributed by atoms with E-state index in [0.717, 1.165) is 11.4 Å². The molecule has 1 fully saturated rings. The van der Waals surface area contributed by atoms with Crippen molar-refractivity contribution in [2.24, 2.45) is 0 Å². The van der Waals surface area contributed by atoms with Crippen LogP contribution in [0.2, 0.25) is 0 Å². The van der Waals surface area contributed by atoms with Crippen LogP contribution in [0.15, 0.2) is 89.5 Å². The zero-order chi connectivity index (χ0) is 24.5. The van der Waals surface area contributed by atoms with Crippen molar-refractivity contribution >= 4 is 28.7 Å². The van der Waals surface area contributed by atoms with Gasteiger partial charge in [0.15, 0.2) is 5.11 Å². The number of hydrogen-bond donors (Lipinski definition) is 1. The number of nitro benzene ring substituents is 1. The second-order valence-corrected chi connectivity index (χ2v) is 9.14. The quantitative estimate of drug-likeness (QED) is 0.189. The third kappa shape index (κ3) is 4.40. The van der Waals surface area contributed by atoms with E-state index in [4.69, 9.17) is 16.6 Å². The molecule has 35 heavy (non-hydrogen) atoms. The van der Waals surface area contributed by atoms with E-state index in [-0.39, 0.29) is 17.8 Å². The van der Waals surface area contributed by atoms with Crippen molar-refractivity contribution in [3.8, 4) is 11.3 Å². The van der Waals surface area contributed by atoms with Crippen LogP contribution in [0.5, 0.6) is 0 Å².